The normalized spacial score (nSPS) is 19.1. The lowest BCUT2D eigenvalue weighted by atomic mass is 10.3. The molecule has 1 aromatic carbocycles. The Hall–Kier alpha value is -0.610. The second kappa shape index (κ2) is 5.15. The molecule has 1 aliphatic rings. The molecule has 6 heteroatoms. The van der Waals surface area contributed by atoms with Crippen LogP contribution in [-0.4, -0.2) is 20.3 Å². The van der Waals surface area contributed by atoms with Crippen LogP contribution in [0.1, 0.15) is 6.42 Å². The highest BCUT2D eigenvalue weighted by molar-refractivity contribution is 8.07. The Kier molecular flexibility index (Phi) is 3.82. The van der Waals surface area contributed by atoms with Crippen molar-refractivity contribution in [3.63, 3.8) is 0 Å². The van der Waals surface area contributed by atoms with E-state index < -0.39 is 6.72 Å². The summed E-state index contributed by atoms with van der Waals surface area (Å²) in [7, 11) is 1.62. The Morgan fingerprint density at radius 3 is 2.25 bits per heavy atom. The van der Waals surface area contributed by atoms with Gasteiger partial charge in [-0.3, -0.25) is 9.05 Å². The van der Waals surface area contributed by atoms with E-state index in [1.807, 2.05) is 0 Å². The molecule has 0 radical (unpaired) electrons. The molecular formula is C10H13O4PS. The van der Waals surface area contributed by atoms with Crippen LogP contribution in [0.4, 0.5) is 0 Å². The fourth-order valence-electron chi connectivity index (χ4n) is 1.27. The Labute approximate surface area is 99.7 Å². The fraction of sp³-hybridized carbons (Fsp3) is 0.400. The predicted molar refractivity (Wildman–Crippen MR) is 64.4 cm³/mol. The second-order valence-electron chi connectivity index (χ2n) is 3.23. The van der Waals surface area contributed by atoms with Crippen LogP contribution in [-0.2, 0) is 20.9 Å². The van der Waals surface area contributed by atoms with E-state index in [1.54, 1.807) is 31.4 Å². The third-order valence-corrected chi connectivity index (χ3v) is 4.35. The van der Waals surface area contributed by atoms with Crippen LogP contribution >= 0.6 is 6.72 Å². The highest BCUT2D eigenvalue weighted by Crippen LogP contribution is 2.51. The van der Waals surface area contributed by atoms with Gasteiger partial charge in [0, 0.05) is 11.8 Å². The SMILES string of the molecule is COc1ccc(OP2(=S)OCCCO2)cc1. The first-order valence-electron chi connectivity index (χ1n) is 4.95. The van der Waals surface area contributed by atoms with Gasteiger partial charge in [0.15, 0.2) is 0 Å². The zero-order valence-corrected chi connectivity index (χ0v) is 10.6. The highest BCUT2D eigenvalue weighted by atomic mass is 32.5. The average molecular weight is 260 g/mol. The summed E-state index contributed by atoms with van der Waals surface area (Å²) < 4.78 is 21.4. The first-order chi connectivity index (χ1) is 7.72. The lowest BCUT2D eigenvalue weighted by Crippen LogP contribution is -2.11. The molecule has 1 aliphatic heterocycles. The molecule has 1 fully saturated rings. The number of benzene rings is 1. The molecule has 1 saturated heterocycles. The quantitative estimate of drug-likeness (QED) is 0.781. The summed E-state index contributed by atoms with van der Waals surface area (Å²) in [6, 6.07) is 7.18. The van der Waals surface area contributed by atoms with Crippen molar-refractivity contribution in [2.75, 3.05) is 20.3 Å². The molecule has 2 rings (SSSR count). The van der Waals surface area contributed by atoms with Crippen molar-refractivity contribution in [1.29, 1.82) is 0 Å². The Bertz CT molecular complexity index is 382. The van der Waals surface area contributed by atoms with E-state index in [2.05, 4.69) is 0 Å². The van der Waals surface area contributed by atoms with Crippen LogP contribution < -0.4 is 9.26 Å². The van der Waals surface area contributed by atoms with Crippen molar-refractivity contribution in [1.82, 2.24) is 0 Å². The maximum atomic E-state index is 5.57. The molecule has 0 aliphatic carbocycles. The summed E-state index contributed by atoms with van der Waals surface area (Å²) in [5.41, 5.74) is 0. The fourth-order valence-corrected chi connectivity index (χ4v) is 3.24. The van der Waals surface area contributed by atoms with Gasteiger partial charge in [-0.1, -0.05) is 0 Å². The molecule has 0 amide bonds. The smallest absolute Gasteiger partial charge is 0.380 e. The topological polar surface area (TPSA) is 36.9 Å². The van der Waals surface area contributed by atoms with Gasteiger partial charge in [0.05, 0.1) is 20.3 Å². The van der Waals surface area contributed by atoms with Crippen LogP contribution in [0.3, 0.4) is 0 Å². The van der Waals surface area contributed by atoms with Crippen LogP contribution in [0.2, 0.25) is 0 Å². The number of hydrogen-bond donors (Lipinski definition) is 0. The van der Waals surface area contributed by atoms with Gasteiger partial charge >= 0.3 is 6.72 Å². The van der Waals surface area contributed by atoms with E-state index in [9.17, 15) is 0 Å². The number of methoxy groups -OCH3 is 1. The first kappa shape index (κ1) is 11.9. The molecule has 88 valence electrons. The summed E-state index contributed by atoms with van der Waals surface area (Å²) in [5.74, 6) is 1.42. The molecular weight excluding hydrogens is 247 g/mol. The van der Waals surface area contributed by atoms with Crippen LogP contribution in [0.5, 0.6) is 11.5 Å². The van der Waals surface area contributed by atoms with Gasteiger partial charge in [-0.15, -0.1) is 0 Å². The van der Waals surface area contributed by atoms with E-state index in [4.69, 9.17) is 30.1 Å². The Morgan fingerprint density at radius 1 is 1.12 bits per heavy atom. The van der Waals surface area contributed by atoms with E-state index in [0.717, 1.165) is 12.2 Å². The first-order valence-corrected chi connectivity index (χ1v) is 7.50. The maximum absolute atomic E-state index is 5.57. The van der Waals surface area contributed by atoms with E-state index in [0.29, 0.717) is 19.0 Å². The molecule has 0 bridgehead atoms. The lowest BCUT2D eigenvalue weighted by Gasteiger charge is -2.25. The Morgan fingerprint density at radius 2 is 1.69 bits per heavy atom. The Balaban J connectivity index is 2.04. The van der Waals surface area contributed by atoms with Gasteiger partial charge in [-0.2, -0.15) is 0 Å². The molecule has 0 aromatic heterocycles. The third kappa shape index (κ3) is 2.95. The lowest BCUT2D eigenvalue weighted by molar-refractivity contribution is 0.144. The van der Waals surface area contributed by atoms with Crippen molar-refractivity contribution < 1.29 is 18.3 Å². The van der Waals surface area contributed by atoms with Crippen molar-refractivity contribution in [2.45, 2.75) is 6.42 Å². The molecule has 16 heavy (non-hydrogen) atoms. The molecule has 0 saturated carbocycles. The largest absolute Gasteiger partial charge is 0.497 e. The van der Waals surface area contributed by atoms with Crippen molar-refractivity contribution in [3.8, 4) is 11.5 Å². The summed E-state index contributed by atoms with van der Waals surface area (Å²) >= 11 is 5.21. The summed E-state index contributed by atoms with van der Waals surface area (Å²) in [4.78, 5) is 0. The monoisotopic (exact) mass is 260 g/mol. The predicted octanol–water partition coefficient (Wildman–Crippen LogP) is 2.74. The third-order valence-electron chi connectivity index (χ3n) is 2.06. The van der Waals surface area contributed by atoms with Gasteiger partial charge in [-0.25, -0.2) is 0 Å². The van der Waals surface area contributed by atoms with E-state index >= 15 is 0 Å². The average Bonchev–Trinajstić information content (AvgIpc) is 2.30. The van der Waals surface area contributed by atoms with Crippen LogP contribution in [0.25, 0.3) is 0 Å². The van der Waals surface area contributed by atoms with E-state index in [-0.39, 0.29) is 0 Å². The van der Waals surface area contributed by atoms with Gasteiger partial charge < -0.3 is 9.26 Å². The zero-order valence-electron chi connectivity index (χ0n) is 8.92. The zero-order chi connectivity index (χ0) is 11.4. The summed E-state index contributed by atoms with van der Waals surface area (Å²) in [5, 5.41) is 0. The van der Waals surface area contributed by atoms with Gasteiger partial charge in [0.1, 0.15) is 11.5 Å². The molecule has 0 spiro atoms. The molecule has 4 nitrogen and oxygen atoms in total. The van der Waals surface area contributed by atoms with Crippen molar-refractivity contribution >= 4 is 18.5 Å². The molecule has 1 aromatic rings. The van der Waals surface area contributed by atoms with Gasteiger partial charge in [-0.05, 0) is 30.7 Å². The summed E-state index contributed by atoms with van der Waals surface area (Å²) in [6.07, 6.45) is 0.865. The number of rotatable bonds is 3. The molecule has 0 N–H and O–H groups in total. The number of hydrogen-bond acceptors (Lipinski definition) is 5. The highest BCUT2D eigenvalue weighted by Gasteiger charge is 2.25. The van der Waals surface area contributed by atoms with Gasteiger partial charge in [0.25, 0.3) is 0 Å². The molecule has 0 unspecified atom stereocenters. The molecule has 1 heterocycles. The van der Waals surface area contributed by atoms with Crippen LogP contribution in [0, 0.1) is 0 Å². The standard InChI is InChI=1S/C10H13O4PS/c1-11-9-3-5-10(6-4-9)14-15(16)12-7-2-8-13-15/h3-6H,2,7-8H2,1H3. The minimum Gasteiger partial charge on any atom is -0.497 e. The van der Waals surface area contributed by atoms with E-state index in [1.165, 1.54) is 0 Å². The van der Waals surface area contributed by atoms with Crippen molar-refractivity contribution in [3.05, 3.63) is 24.3 Å². The van der Waals surface area contributed by atoms with Crippen molar-refractivity contribution in [2.24, 2.45) is 0 Å². The number of ether oxygens (including phenoxy) is 1. The van der Waals surface area contributed by atoms with Gasteiger partial charge in [0.2, 0.25) is 0 Å². The van der Waals surface area contributed by atoms with Crippen LogP contribution in [0.15, 0.2) is 24.3 Å². The second-order valence-corrected chi connectivity index (χ2v) is 6.17. The minimum atomic E-state index is -2.57. The molecule has 0 atom stereocenters. The summed E-state index contributed by atoms with van der Waals surface area (Å²) in [6.45, 7) is -1.36. The minimum absolute atomic E-state index is 0.605. The maximum Gasteiger partial charge on any atom is 0.380 e.